The lowest BCUT2D eigenvalue weighted by Gasteiger charge is -2.29. The van der Waals surface area contributed by atoms with Gasteiger partial charge in [-0.1, -0.05) is 0 Å². The molecule has 1 aliphatic rings. The Hall–Kier alpha value is -2.98. The second-order valence-electron chi connectivity index (χ2n) is 7.00. The van der Waals surface area contributed by atoms with Crippen LogP contribution in [0.25, 0.3) is 0 Å². The third-order valence-electron chi connectivity index (χ3n) is 4.87. The van der Waals surface area contributed by atoms with Crippen LogP contribution in [-0.2, 0) is 19.6 Å². The van der Waals surface area contributed by atoms with Crippen molar-refractivity contribution in [2.24, 2.45) is 0 Å². The standard InChI is InChI=1S/C21H27N3O6S/c1-28-18-8-9-20(29-2)19(14-18)24(31(3,26)27)15-21(25)22-16-4-6-17(7-5-16)23-10-12-30-13-11-23/h4-9,14H,10-13,15H2,1-3H3,(H,22,25). The van der Waals surface area contributed by atoms with Crippen LogP contribution in [0, 0.1) is 0 Å². The molecular weight excluding hydrogens is 422 g/mol. The summed E-state index contributed by atoms with van der Waals surface area (Å²) in [6, 6.07) is 12.2. The summed E-state index contributed by atoms with van der Waals surface area (Å²) < 4.78 is 41.7. The van der Waals surface area contributed by atoms with Gasteiger partial charge in [-0.2, -0.15) is 0 Å². The highest BCUT2D eigenvalue weighted by molar-refractivity contribution is 7.92. The number of morpholine rings is 1. The van der Waals surface area contributed by atoms with Crippen LogP contribution >= 0.6 is 0 Å². The van der Waals surface area contributed by atoms with Crippen LogP contribution in [0.2, 0.25) is 0 Å². The van der Waals surface area contributed by atoms with Crippen LogP contribution in [0.4, 0.5) is 17.1 Å². The fraction of sp³-hybridized carbons (Fsp3) is 0.381. The average molecular weight is 450 g/mol. The summed E-state index contributed by atoms with van der Waals surface area (Å²) in [5, 5.41) is 2.75. The summed E-state index contributed by atoms with van der Waals surface area (Å²) in [5.41, 5.74) is 1.84. The van der Waals surface area contributed by atoms with Crippen LogP contribution < -0.4 is 24.0 Å². The summed E-state index contributed by atoms with van der Waals surface area (Å²) in [5.74, 6) is 0.284. The summed E-state index contributed by atoms with van der Waals surface area (Å²) >= 11 is 0. The molecule has 1 saturated heterocycles. The Morgan fingerprint density at radius 2 is 1.77 bits per heavy atom. The fourth-order valence-corrected chi connectivity index (χ4v) is 4.13. The number of ether oxygens (including phenoxy) is 3. The van der Waals surface area contributed by atoms with E-state index in [4.69, 9.17) is 14.2 Å². The van der Waals surface area contributed by atoms with Crippen LogP contribution in [0.15, 0.2) is 42.5 Å². The van der Waals surface area contributed by atoms with Crippen molar-refractivity contribution in [2.45, 2.75) is 0 Å². The normalized spacial score (nSPS) is 14.1. The average Bonchev–Trinajstić information content (AvgIpc) is 2.77. The van der Waals surface area contributed by atoms with Gasteiger partial charge in [-0.15, -0.1) is 0 Å². The van der Waals surface area contributed by atoms with Crippen molar-refractivity contribution >= 4 is 33.0 Å². The van der Waals surface area contributed by atoms with E-state index in [1.807, 2.05) is 12.1 Å². The number of anilines is 3. The van der Waals surface area contributed by atoms with Crippen molar-refractivity contribution in [2.75, 3.05) is 67.8 Å². The molecule has 10 heteroatoms. The largest absolute Gasteiger partial charge is 0.497 e. The third kappa shape index (κ3) is 5.80. The molecule has 31 heavy (non-hydrogen) atoms. The molecule has 0 bridgehead atoms. The Kier molecular flexibility index (Phi) is 7.24. The number of rotatable bonds is 8. The first kappa shape index (κ1) is 22.7. The number of carbonyl (C=O) groups excluding carboxylic acids is 1. The summed E-state index contributed by atoms with van der Waals surface area (Å²) in [6.45, 7) is 2.60. The number of nitrogens with one attached hydrogen (secondary N) is 1. The highest BCUT2D eigenvalue weighted by Gasteiger charge is 2.25. The molecule has 1 N–H and O–H groups in total. The number of nitrogens with zero attached hydrogens (tertiary/aromatic N) is 2. The molecule has 9 nitrogen and oxygen atoms in total. The Bertz CT molecular complexity index is 1000. The van der Waals surface area contributed by atoms with Gasteiger partial charge < -0.3 is 24.4 Å². The molecule has 0 spiro atoms. The number of sulfonamides is 1. The summed E-state index contributed by atoms with van der Waals surface area (Å²) in [6.07, 6.45) is 1.04. The summed E-state index contributed by atoms with van der Waals surface area (Å²) in [4.78, 5) is 14.9. The van der Waals surface area contributed by atoms with E-state index >= 15 is 0 Å². The van der Waals surface area contributed by atoms with Crippen molar-refractivity contribution in [1.29, 1.82) is 0 Å². The topological polar surface area (TPSA) is 97.4 Å². The molecule has 1 amide bonds. The van der Waals surface area contributed by atoms with Gasteiger partial charge in [-0.05, 0) is 36.4 Å². The minimum absolute atomic E-state index is 0.224. The summed E-state index contributed by atoms with van der Waals surface area (Å²) in [7, 11) is -0.857. The number of methoxy groups -OCH3 is 2. The van der Waals surface area contributed by atoms with Crippen LogP contribution in [-0.4, -0.2) is 67.6 Å². The molecule has 0 atom stereocenters. The molecule has 1 aliphatic heterocycles. The van der Waals surface area contributed by atoms with Crippen molar-refractivity contribution in [3.05, 3.63) is 42.5 Å². The van der Waals surface area contributed by atoms with Crippen LogP contribution in [0.5, 0.6) is 11.5 Å². The molecule has 2 aromatic carbocycles. The van der Waals surface area contributed by atoms with Crippen LogP contribution in [0.3, 0.4) is 0 Å². The highest BCUT2D eigenvalue weighted by Crippen LogP contribution is 2.33. The minimum Gasteiger partial charge on any atom is -0.497 e. The molecular formula is C21H27N3O6S. The minimum atomic E-state index is -3.77. The maximum absolute atomic E-state index is 12.7. The van der Waals surface area contributed by atoms with Gasteiger partial charge in [0.15, 0.2) is 0 Å². The van der Waals surface area contributed by atoms with Crippen molar-refractivity contribution in [1.82, 2.24) is 0 Å². The zero-order valence-corrected chi connectivity index (χ0v) is 18.6. The number of amides is 1. The Labute approximate surface area is 182 Å². The zero-order valence-electron chi connectivity index (χ0n) is 17.8. The second kappa shape index (κ2) is 9.88. The van der Waals surface area contributed by atoms with E-state index in [0.717, 1.165) is 29.3 Å². The molecule has 168 valence electrons. The van der Waals surface area contributed by atoms with E-state index in [0.29, 0.717) is 30.4 Å². The van der Waals surface area contributed by atoms with Crippen LogP contribution in [0.1, 0.15) is 0 Å². The molecule has 2 aromatic rings. The SMILES string of the molecule is COc1ccc(OC)c(N(CC(=O)Nc2ccc(N3CCOCC3)cc2)S(C)(=O)=O)c1. The monoisotopic (exact) mass is 449 g/mol. The first-order chi connectivity index (χ1) is 14.8. The Morgan fingerprint density at radius 3 is 2.35 bits per heavy atom. The predicted octanol–water partition coefficient (Wildman–Crippen LogP) is 1.95. The van der Waals surface area contributed by atoms with E-state index in [2.05, 4.69) is 10.2 Å². The molecule has 0 saturated carbocycles. The lowest BCUT2D eigenvalue weighted by molar-refractivity contribution is -0.114. The molecule has 0 unspecified atom stereocenters. The highest BCUT2D eigenvalue weighted by atomic mass is 32.2. The molecule has 0 aliphatic carbocycles. The Morgan fingerprint density at radius 1 is 1.10 bits per heavy atom. The maximum atomic E-state index is 12.7. The van der Waals surface area contributed by atoms with Gasteiger partial charge in [-0.3, -0.25) is 9.10 Å². The molecule has 3 rings (SSSR count). The number of hydrogen-bond acceptors (Lipinski definition) is 7. The van der Waals surface area contributed by atoms with Gasteiger partial charge in [0.1, 0.15) is 18.0 Å². The van der Waals surface area contributed by atoms with Gasteiger partial charge in [0, 0.05) is 30.5 Å². The van der Waals surface area contributed by atoms with Gasteiger partial charge >= 0.3 is 0 Å². The zero-order chi connectivity index (χ0) is 22.4. The van der Waals surface area contributed by atoms with Gasteiger partial charge in [-0.25, -0.2) is 8.42 Å². The maximum Gasteiger partial charge on any atom is 0.245 e. The number of carbonyl (C=O) groups is 1. The van der Waals surface area contributed by atoms with Crippen molar-refractivity contribution in [3.8, 4) is 11.5 Å². The lowest BCUT2D eigenvalue weighted by Crippen LogP contribution is -2.37. The van der Waals surface area contributed by atoms with Gasteiger partial charge in [0.05, 0.1) is 39.4 Å². The smallest absolute Gasteiger partial charge is 0.245 e. The third-order valence-corrected chi connectivity index (χ3v) is 6.00. The molecule has 0 radical (unpaired) electrons. The number of hydrogen-bond donors (Lipinski definition) is 1. The Balaban J connectivity index is 1.75. The van der Waals surface area contributed by atoms with E-state index in [9.17, 15) is 13.2 Å². The number of benzene rings is 2. The van der Waals surface area contributed by atoms with Crippen molar-refractivity contribution in [3.63, 3.8) is 0 Å². The molecule has 0 aromatic heterocycles. The van der Waals surface area contributed by atoms with Gasteiger partial charge in [0.2, 0.25) is 15.9 Å². The van der Waals surface area contributed by atoms with Gasteiger partial charge in [0.25, 0.3) is 0 Å². The first-order valence-corrected chi connectivity index (χ1v) is 11.6. The second-order valence-corrected chi connectivity index (χ2v) is 8.91. The predicted molar refractivity (Wildman–Crippen MR) is 120 cm³/mol. The van der Waals surface area contributed by atoms with E-state index in [1.165, 1.54) is 20.3 Å². The molecule has 1 heterocycles. The van der Waals surface area contributed by atoms with Crippen molar-refractivity contribution < 1.29 is 27.4 Å². The van der Waals surface area contributed by atoms with E-state index in [1.54, 1.807) is 24.3 Å². The fourth-order valence-electron chi connectivity index (χ4n) is 3.28. The van der Waals surface area contributed by atoms with E-state index in [-0.39, 0.29) is 5.69 Å². The van der Waals surface area contributed by atoms with E-state index < -0.39 is 22.5 Å². The lowest BCUT2D eigenvalue weighted by atomic mass is 10.2. The first-order valence-electron chi connectivity index (χ1n) is 9.74. The quantitative estimate of drug-likeness (QED) is 0.658. The molecule has 1 fully saturated rings.